The highest BCUT2D eigenvalue weighted by Crippen LogP contribution is 2.45. The van der Waals surface area contributed by atoms with Gasteiger partial charge in [0.05, 0.1) is 12.2 Å². The molecule has 2 heterocycles. The van der Waals surface area contributed by atoms with Crippen molar-refractivity contribution in [2.24, 2.45) is 0 Å². The molecule has 1 amide bonds. The number of ether oxygens (including phenoxy) is 1. The van der Waals surface area contributed by atoms with Gasteiger partial charge in [-0.25, -0.2) is 0 Å². The van der Waals surface area contributed by atoms with Crippen LogP contribution in [0.15, 0.2) is 65.6 Å². The number of rotatable bonds is 5. The predicted octanol–water partition coefficient (Wildman–Crippen LogP) is 5.73. The molecule has 3 aromatic rings. The largest absolute Gasteiger partial charge is 0.507 e. The van der Waals surface area contributed by atoms with Gasteiger partial charge >= 0.3 is 0 Å². The Labute approximate surface area is 189 Å². The Bertz CT molecular complexity index is 1170. The number of thiophene rings is 1. The lowest BCUT2D eigenvalue weighted by Gasteiger charge is -2.26. The average molecular weight is 454 g/mol. The minimum Gasteiger partial charge on any atom is -0.507 e. The fourth-order valence-corrected chi connectivity index (χ4v) is 4.68. The van der Waals surface area contributed by atoms with Crippen molar-refractivity contribution in [3.8, 4) is 5.75 Å². The Hall–Kier alpha value is -3.09. The Morgan fingerprint density at radius 3 is 2.52 bits per heavy atom. The number of ketones is 1. The minimum absolute atomic E-state index is 0.0518. The van der Waals surface area contributed by atoms with Gasteiger partial charge in [-0.05, 0) is 67.3 Å². The first kappa shape index (κ1) is 21.2. The molecule has 0 spiro atoms. The summed E-state index contributed by atoms with van der Waals surface area (Å²) in [5, 5.41) is 13.5. The molecule has 1 aliphatic heterocycles. The van der Waals surface area contributed by atoms with Gasteiger partial charge in [-0.2, -0.15) is 0 Å². The molecule has 0 aliphatic carbocycles. The maximum Gasteiger partial charge on any atom is 0.300 e. The number of hydrogen-bond acceptors (Lipinski definition) is 5. The van der Waals surface area contributed by atoms with Crippen molar-refractivity contribution < 1.29 is 19.4 Å². The van der Waals surface area contributed by atoms with E-state index in [9.17, 15) is 14.7 Å². The molecule has 1 saturated heterocycles. The number of halogens is 1. The minimum atomic E-state index is -0.747. The van der Waals surface area contributed by atoms with Gasteiger partial charge < -0.3 is 9.84 Å². The van der Waals surface area contributed by atoms with Gasteiger partial charge in [0.2, 0.25) is 0 Å². The summed E-state index contributed by atoms with van der Waals surface area (Å²) in [7, 11) is 0. The number of amides is 1. The normalized spacial score (nSPS) is 17.9. The van der Waals surface area contributed by atoms with E-state index in [1.165, 1.54) is 16.2 Å². The Kier molecular flexibility index (Phi) is 5.85. The van der Waals surface area contributed by atoms with Crippen LogP contribution in [0.2, 0.25) is 5.02 Å². The highest BCUT2D eigenvalue weighted by molar-refractivity contribution is 7.10. The van der Waals surface area contributed by atoms with E-state index in [2.05, 4.69) is 0 Å². The third kappa shape index (κ3) is 3.73. The molecule has 31 heavy (non-hydrogen) atoms. The third-order valence-corrected chi connectivity index (χ3v) is 6.53. The van der Waals surface area contributed by atoms with Crippen LogP contribution in [0.4, 0.5) is 5.69 Å². The van der Waals surface area contributed by atoms with Crippen LogP contribution < -0.4 is 9.64 Å². The fraction of sp³-hybridized carbons (Fsp3) is 0.167. The van der Waals surface area contributed by atoms with E-state index in [1.807, 2.05) is 24.4 Å². The van der Waals surface area contributed by atoms with Crippen molar-refractivity contribution >= 4 is 46.1 Å². The van der Waals surface area contributed by atoms with Crippen LogP contribution >= 0.6 is 22.9 Å². The summed E-state index contributed by atoms with van der Waals surface area (Å²) in [6, 6.07) is 15.0. The molecule has 1 fully saturated rings. The first-order valence-corrected chi connectivity index (χ1v) is 11.0. The summed E-state index contributed by atoms with van der Waals surface area (Å²) in [5.41, 5.74) is 1.72. The smallest absolute Gasteiger partial charge is 0.300 e. The van der Waals surface area contributed by atoms with Crippen LogP contribution in [-0.4, -0.2) is 23.4 Å². The zero-order chi connectivity index (χ0) is 22.1. The number of carbonyl (C=O) groups is 2. The fourth-order valence-electron chi connectivity index (χ4n) is 3.69. The Balaban J connectivity index is 1.89. The zero-order valence-corrected chi connectivity index (χ0v) is 18.5. The van der Waals surface area contributed by atoms with E-state index >= 15 is 0 Å². The van der Waals surface area contributed by atoms with Crippen LogP contribution in [0.25, 0.3) is 5.76 Å². The van der Waals surface area contributed by atoms with E-state index < -0.39 is 17.7 Å². The SMILES string of the molecule is CCOc1ccc(/C(O)=C2/C(=O)C(=O)N(c3cccc(Cl)c3C)C2c2cccs2)cc1. The second-order valence-electron chi connectivity index (χ2n) is 7.03. The summed E-state index contributed by atoms with van der Waals surface area (Å²) in [6.45, 7) is 4.21. The summed E-state index contributed by atoms with van der Waals surface area (Å²) in [4.78, 5) is 28.4. The molecule has 7 heteroatoms. The molecule has 1 unspecified atom stereocenters. The summed E-state index contributed by atoms with van der Waals surface area (Å²) >= 11 is 7.70. The van der Waals surface area contributed by atoms with Gasteiger partial charge in [0.25, 0.3) is 11.7 Å². The first-order chi connectivity index (χ1) is 14.9. The second-order valence-corrected chi connectivity index (χ2v) is 8.41. The summed E-state index contributed by atoms with van der Waals surface area (Å²) in [6.07, 6.45) is 0. The number of benzene rings is 2. The number of hydrogen-bond donors (Lipinski definition) is 1. The highest BCUT2D eigenvalue weighted by Gasteiger charge is 2.47. The number of Topliss-reactive ketones (excluding diaryl/α,β-unsaturated/α-hetero) is 1. The molecule has 158 valence electrons. The summed E-state index contributed by atoms with van der Waals surface area (Å²) < 4.78 is 5.45. The standard InChI is InChI=1S/C24H20ClNO4S/c1-3-30-16-11-9-15(10-12-16)22(27)20-21(19-8-5-13-31-19)26(24(29)23(20)28)18-7-4-6-17(25)14(18)2/h4-13,21,27H,3H2,1-2H3/b22-20-. The van der Waals surface area contributed by atoms with E-state index in [4.69, 9.17) is 16.3 Å². The monoisotopic (exact) mass is 453 g/mol. The van der Waals surface area contributed by atoms with Crippen molar-refractivity contribution in [3.63, 3.8) is 0 Å². The third-order valence-electron chi connectivity index (χ3n) is 5.19. The van der Waals surface area contributed by atoms with Crippen LogP contribution in [0.5, 0.6) is 5.75 Å². The maximum atomic E-state index is 13.1. The van der Waals surface area contributed by atoms with Crippen LogP contribution in [0.1, 0.15) is 29.0 Å². The number of nitrogens with zero attached hydrogens (tertiary/aromatic N) is 1. The number of carbonyl (C=O) groups excluding carboxylic acids is 2. The van der Waals surface area contributed by atoms with E-state index in [0.29, 0.717) is 34.2 Å². The molecule has 4 rings (SSSR count). The van der Waals surface area contributed by atoms with Crippen LogP contribution in [0, 0.1) is 6.92 Å². The van der Waals surface area contributed by atoms with Gasteiger partial charge in [0, 0.05) is 21.2 Å². The zero-order valence-electron chi connectivity index (χ0n) is 17.0. The van der Waals surface area contributed by atoms with Gasteiger partial charge in [0.1, 0.15) is 17.6 Å². The molecular weight excluding hydrogens is 434 g/mol. The molecule has 0 saturated carbocycles. The Morgan fingerprint density at radius 1 is 1.13 bits per heavy atom. The van der Waals surface area contributed by atoms with Crippen molar-refractivity contribution in [1.82, 2.24) is 0 Å². The maximum absolute atomic E-state index is 13.1. The molecule has 0 radical (unpaired) electrons. The number of anilines is 1. The molecular formula is C24H20ClNO4S. The topological polar surface area (TPSA) is 66.8 Å². The van der Waals surface area contributed by atoms with Gasteiger partial charge in [-0.15, -0.1) is 11.3 Å². The molecule has 0 bridgehead atoms. The lowest BCUT2D eigenvalue weighted by Crippen LogP contribution is -2.29. The molecule has 1 aliphatic rings. The van der Waals surface area contributed by atoms with Gasteiger partial charge in [-0.3, -0.25) is 14.5 Å². The molecule has 1 N–H and O–H groups in total. The quantitative estimate of drug-likeness (QED) is 0.304. The summed E-state index contributed by atoms with van der Waals surface area (Å²) in [5.74, 6) is -0.994. The molecule has 5 nitrogen and oxygen atoms in total. The predicted molar refractivity (Wildman–Crippen MR) is 123 cm³/mol. The highest BCUT2D eigenvalue weighted by atomic mass is 35.5. The van der Waals surface area contributed by atoms with E-state index in [-0.39, 0.29) is 11.3 Å². The van der Waals surface area contributed by atoms with Crippen molar-refractivity contribution in [2.75, 3.05) is 11.5 Å². The van der Waals surface area contributed by atoms with E-state index in [0.717, 1.165) is 4.88 Å². The van der Waals surface area contributed by atoms with E-state index in [1.54, 1.807) is 49.4 Å². The van der Waals surface area contributed by atoms with Crippen molar-refractivity contribution in [1.29, 1.82) is 0 Å². The van der Waals surface area contributed by atoms with Crippen molar-refractivity contribution in [3.05, 3.63) is 86.6 Å². The lowest BCUT2D eigenvalue weighted by atomic mass is 9.99. The van der Waals surface area contributed by atoms with Gasteiger partial charge in [-0.1, -0.05) is 23.7 Å². The van der Waals surface area contributed by atoms with Gasteiger partial charge in [0.15, 0.2) is 0 Å². The van der Waals surface area contributed by atoms with Crippen LogP contribution in [0.3, 0.4) is 0 Å². The lowest BCUT2D eigenvalue weighted by molar-refractivity contribution is -0.132. The molecule has 1 atom stereocenters. The molecule has 2 aromatic carbocycles. The van der Waals surface area contributed by atoms with Crippen molar-refractivity contribution in [2.45, 2.75) is 19.9 Å². The molecule has 1 aromatic heterocycles. The average Bonchev–Trinajstić information content (AvgIpc) is 3.38. The number of aliphatic hydroxyl groups is 1. The number of aliphatic hydroxyl groups excluding tert-OH is 1. The van der Waals surface area contributed by atoms with Crippen LogP contribution in [-0.2, 0) is 9.59 Å². The Morgan fingerprint density at radius 2 is 1.87 bits per heavy atom. The second kappa shape index (κ2) is 8.57. The first-order valence-electron chi connectivity index (χ1n) is 9.76.